The Labute approximate surface area is 170 Å². The van der Waals surface area contributed by atoms with Crippen LogP contribution in [0.5, 0.6) is 0 Å². The van der Waals surface area contributed by atoms with Crippen LogP contribution in [0.3, 0.4) is 0 Å². The van der Waals surface area contributed by atoms with Crippen LogP contribution in [0.25, 0.3) is 0 Å². The Morgan fingerprint density at radius 3 is 2.69 bits per heavy atom. The van der Waals surface area contributed by atoms with Crippen LogP contribution < -0.4 is 4.72 Å². The first kappa shape index (κ1) is 21.5. The second-order valence-electron chi connectivity index (χ2n) is 6.82. The highest BCUT2D eigenvalue weighted by atomic mass is 32.2. The lowest BCUT2D eigenvalue weighted by molar-refractivity contribution is -0.144. The van der Waals surface area contributed by atoms with E-state index in [1.807, 2.05) is 0 Å². The molecular weight excluding hydrogens is 418 g/mol. The van der Waals surface area contributed by atoms with Crippen LogP contribution in [0.4, 0.5) is 0 Å². The van der Waals surface area contributed by atoms with E-state index < -0.39 is 31.9 Å². The van der Waals surface area contributed by atoms with Gasteiger partial charge < -0.3 is 4.74 Å². The molecule has 29 heavy (non-hydrogen) atoms. The van der Waals surface area contributed by atoms with Crippen molar-refractivity contribution in [3.8, 4) is 0 Å². The Morgan fingerprint density at radius 2 is 2.00 bits per heavy atom. The average Bonchev–Trinajstić information content (AvgIpc) is 3.05. The highest BCUT2D eigenvalue weighted by molar-refractivity contribution is 7.91. The molecule has 1 aromatic carbocycles. The molecule has 1 aromatic heterocycles. The minimum Gasteiger partial charge on any atom is -0.465 e. The SMILES string of the molecule is CCOC(=O)Cn1ncc2c1CCCC2NS(=O)(=O)c1cccc(S(C)(=O)=O)c1. The minimum absolute atomic E-state index is 0.0287. The number of rotatable bonds is 7. The van der Waals surface area contributed by atoms with Gasteiger partial charge in [-0.15, -0.1) is 0 Å². The number of hydrogen-bond donors (Lipinski definition) is 1. The highest BCUT2D eigenvalue weighted by Gasteiger charge is 2.29. The number of fused-ring (bicyclic) bond motifs is 1. The molecule has 1 unspecified atom stereocenters. The smallest absolute Gasteiger partial charge is 0.327 e. The van der Waals surface area contributed by atoms with Crippen LogP contribution in [0.15, 0.2) is 40.3 Å². The highest BCUT2D eigenvalue weighted by Crippen LogP contribution is 2.31. The molecule has 0 fully saturated rings. The summed E-state index contributed by atoms with van der Waals surface area (Å²) in [5.74, 6) is -0.404. The van der Waals surface area contributed by atoms with Crippen molar-refractivity contribution in [2.75, 3.05) is 12.9 Å². The lowest BCUT2D eigenvalue weighted by atomic mass is 9.94. The number of sulfonamides is 1. The van der Waals surface area contributed by atoms with Gasteiger partial charge in [-0.2, -0.15) is 5.10 Å². The van der Waals surface area contributed by atoms with E-state index in [4.69, 9.17) is 4.74 Å². The molecule has 1 atom stereocenters. The van der Waals surface area contributed by atoms with Gasteiger partial charge in [0.25, 0.3) is 0 Å². The van der Waals surface area contributed by atoms with E-state index in [0.29, 0.717) is 18.4 Å². The molecule has 0 radical (unpaired) electrons. The normalized spacial score (nSPS) is 17.0. The lowest BCUT2D eigenvalue weighted by Gasteiger charge is -2.24. The number of sulfone groups is 1. The number of aromatic nitrogens is 2. The van der Waals surface area contributed by atoms with E-state index in [1.165, 1.54) is 22.9 Å². The number of nitrogens with zero attached hydrogens (tertiary/aromatic N) is 2. The Kier molecular flexibility index (Phi) is 6.11. The van der Waals surface area contributed by atoms with Gasteiger partial charge in [-0.25, -0.2) is 21.6 Å². The van der Waals surface area contributed by atoms with E-state index in [0.717, 1.165) is 24.4 Å². The summed E-state index contributed by atoms with van der Waals surface area (Å²) >= 11 is 0. The standard InChI is InChI=1S/C18H23N3O6S2/c1-3-27-18(22)12-21-17-9-5-8-16(15(17)11-19-21)20-29(25,26)14-7-4-6-13(10-14)28(2,23)24/h4,6-7,10-11,16,20H,3,5,8-9,12H2,1-2H3. The molecule has 0 aliphatic heterocycles. The topological polar surface area (TPSA) is 124 Å². The van der Waals surface area contributed by atoms with Crippen molar-refractivity contribution in [2.45, 2.75) is 48.6 Å². The number of carbonyl (C=O) groups excluding carboxylic acids is 1. The number of nitrogens with one attached hydrogen (secondary N) is 1. The third-order valence-electron chi connectivity index (χ3n) is 4.69. The van der Waals surface area contributed by atoms with E-state index >= 15 is 0 Å². The van der Waals surface area contributed by atoms with Gasteiger partial charge in [0, 0.05) is 17.5 Å². The van der Waals surface area contributed by atoms with E-state index in [2.05, 4.69) is 9.82 Å². The largest absolute Gasteiger partial charge is 0.465 e. The Bertz CT molecular complexity index is 1120. The molecule has 158 valence electrons. The maximum atomic E-state index is 12.9. The zero-order valence-electron chi connectivity index (χ0n) is 16.2. The Balaban J connectivity index is 1.85. The van der Waals surface area contributed by atoms with Crippen LogP contribution in [-0.4, -0.2) is 45.4 Å². The molecule has 1 N–H and O–H groups in total. The Hall–Kier alpha value is -2.24. The zero-order chi connectivity index (χ0) is 21.2. The first-order chi connectivity index (χ1) is 13.6. The quantitative estimate of drug-likeness (QED) is 0.640. The fourth-order valence-electron chi connectivity index (χ4n) is 3.33. The molecule has 1 aliphatic rings. The molecule has 0 spiro atoms. The summed E-state index contributed by atoms with van der Waals surface area (Å²) in [6, 6.07) is 4.74. The van der Waals surface area contributed by atoms with Gasteiger partial charge >= 0.3 is 5.97 Å². The molecule has 0 amide bonds. The van der Waals surface area contributed by atoms with E-state index in [-0.39, 0.29) is 22.9 Å². The van der Waals surface area contributed by atoms with Gasteiger partial charge in [0.15, 0.2) is 9.84 Å². The zero-order valence-corrected chi connectivity index (χ0v) is 17.8. The number of ether oxygens (including phenoxy) is 1. The second-order valence-corrected chi connectivity index (χ2v) is 10.6. The fourth-order valence-corrected chi connectivity index (χ4v) is 5.37. The summed E-state index contributed by atoms with van der Waals surface area (Å²) < 4.78 is 58.3. The number of esters is 1. The first-order valence-corrected chi connectivity index (χ1v) is 12.5. The summed E-state index contributed by atoms with van der Waals surface area (Å²) in [4.78, 5) is 11.6. The van der Waals surface area contributed by atoms with E-state index in [9.17, 15) is 21.6 Å². The molecule has 11 heteroatoms. The first-order valence-electron chi connectivity index (χ1n) is 9.14. The predicted octanol–water partition coefficient (Wildman–Crippen LogP) is 1.21. The number of carbonyl (C=O) groups is 1. The molecule has 1 aliphatic carbocycles. The third-order valence-corrected chi connectivity index (χ3v) is 7.27. The molecule has 3 rings (SSSR count). The van der Waals surface area contributed by atoms with Crippen LogP contribution in [-0.2, 0) is 42.4 Å². The number of hydrogen-bond acceptors (Lipinski definition) is 7. The molecule has 9 nitrogen and oxygen atoms in total. The van der Waals surface area contributed by atoms with Crippen LogP contribution in [0.2, 0.25) is 0 Å². The maximum absolute atomic E-state index is 12.9. The van der Waals surface area contributed by atoms with Crippen molar-refractivity contribution in [3.63, 3.8) is 0 Å². The second kappa shape index (κ2) is 8.25. The summed E-state index contributed by atoms with van der Waals surface area (Å²) in [6.45, 7) is 1.97. The molecule has 0 saturated carbocycles. The van der Waals surface area contributed by atoms with Crippen LogP contribution in [0.1, 0.15) is 37.1 Å². The van der Waals surface area contributed by atoms with Gasteiger partial charge in [0.1, 0.15) is 6.54 Å². The van der Waals surface area contributed by atoms with E-state index in [1.54, 1.807) is 13.1 Å². The molecule has 0 saturated heterocycles. The van der Waals surface area contributed by atoms with Crippen LogP contribution >= 0.6 is 0 Å². The molecule has 0 bridgehead atoms. The summed E-state index contributed by atoms with van der Waals surface area (Å²) in [5.41, 5.74) is 1.50. The lowest BCUT2D eigenvalue weighted by Crippen LogP contribution is -2.31. The third kappa shape index (κ3) is 4.85. The van der Waals surface area contributed by atoms with Crippen molar-refractivity contribution in [3.05, 3.63) is 41.7 Å². The average molecular weight is 442 g/mol. The van der Waals surface area contributed by atoms with Gasteiger partial charge in [-0.1, -0.05) is 6.07 Å². The van der Waals surface area contributed by atoms with Crippen molar-refractivity contribution in [2.24, 2.45) is 0 Å². The predicted molar refractivity (Wildman–Crippen MR) is 104 cm³/mol. The summed E-state index contributed by atoms with van der Waals surface area (Å²) in [6.07, 6.45) is 4.56. The van der Waals surface area contributed by atoms with Gasteiger partial charge in [-0.3, -0.25) is 9.48 Å². The van der Waals surface area contributed by atoms with Crippen molar-refractivity contribution in [1.29, 1.82) is 0 Å². The van der Waals surface area contributed by atoms with Crippen LogP contribution in [0, 0.1) is 0 Å². The summed E-state index contributed by atoms with van der Waals surface area (Å²) in [5, 5.41) is 4.22. The van der Waals surface area contributed by atoms with Crippen molar-refractivity contribution >= 4 is 25.8 Å². The molecule has 2 aromatic rings. The minimum atomic E-state index is -3.95. The molecular formula is C18H23N3O6S2. The van der Waals surface area contributed by atoms with Crippen molar-refractivity contribution in [1.82, 2.24) is 14.5 Å². The maximum Gasteiger partial charge on any atom is 0.327 e. The van der Waals surface area contributed by atoms with Gasteiger partial charge in [-0.05, 0) is 44.4 Å². The van der Waals surface area contributed by atoms with Crippen molar-refractivity contribution < 1.29 is 26.4 Å². The number of benzene rings is 1. The van der Waals surface area contributed by atoms with Gasteiger partial charge in [0.2, 0.25) is 10.0 Å². The van der Waals surface area contributed by atoms with Gasteiger partial charge in [0.05, 0.1) is 28.6 Å². The monoisotopic (exact) mass is 441 g/mol. The Morgan fingerprint density at radius 1 is 1.28 bits per heavy atom. The molecule has 1 heterocycles. The fraction of sp³-hybridized carbons (Fsp3) is 0.444. The summed E-state index contributed by atoms with van der Waals surface area (Å²) in [7, 11) is -7.48.